The Morgan fingerprint density at radius 3 is 3.36 bits per heavy atom. The standard InChI is InChI=1S/C9H13N3O2/c1-2-9(12-11-3-1)14-7-8-6-10-4-5-13-8/h1-3,8,10H,4-7H2. The van der Waals surface area contributed by atoms with Crippen molar-refractivity contribution in [3.63, 3.8) is 0 Å². The lowest BCUT2D eigenvalue weighted by atomic mass is 10.3. The van der Waals surface area contributed by atoms with Crippen LogP contribution in [0.25, 0.3) is 0 Å². The first kappa shape index (κ1) is 9.36. The Hall–Kier alpha value is -1.20. The Morgan fingerprint density at radius 2 is 2.64 bits per heavy atom. The molecule has 1 aromatic heterocycles. The molecule has 2 rings (SSSR count). The quantitative estimate of drug-likeness (QED) is 0.726. The van der Waals surface area contributed by atoms with Gasteiger partial charge in [-0.3, -0.25) is 0 Å². The van der Waals surface area contributed by atoms with Gasteiger partial charge in [0.25, 0.3) is 0 Å². The van der Waals surface area contributed by atoms with Crippen LogP contribution in [0.2, 0.25) is 0 Å². The van der Waals surface area contributed by atoms with E-state index in [-0.39, 0.29) is 6.10 Å². The average molecular weight is 195 g/mol. The monoisotopic (exact) mass is 195 g/mol. The molecule has 0 aliphatic carbocycles. The molecule has 1 atom stereocenters. The third kappa shape index (κ3) is 2.65. The van der Waals surface area contributed by atoms with Crippen LogP contribution < -0.4 is 10.1 Å². The van der Waals surface area contributed by atoms with E-state index in [0.717, 1.165) is 19.7 Å². The van der Waals surface area contributed by atoms with E-state index in [1.807, 2.05) is 0 Å². The van der Waals surface area contributed by atoms with Crippen molar-refractivity contribution in [3.8, 4) is 5.88 Å². The van der Waals surface area contributed by atoms with E-state index in [0.29, 0.717) is 12.5 Å². The van der Waals surface area contributed by atoms with E-state index in [1.165, 1.54) is 0 Å². The molecular formula is C9H13N3O2. The second-order valence-corrected chi connectivity index (χ2v) is 3.07. The molecule has 0 spiro atoms. The van der Waals surface area contributed by atoms with E-state index >= 15 is 0 Å². The Bertz CT molecular complexity index is 262. The van der Waals surface area contributed by atoms with Gasteiger partial charge in [-0.25, -0.2) is 0 Å². The summed E-state index contributed by atoms with van der Waals surface area (Å²) in [6.07, 6.45) is 1.73. The van der Waals surface area contributed by atoms with E-state index in [1.54, 1.807) is 18.3 Å². The van der Waals surface area contributed by atoms with Crippen LogP contribution in [0, 0.1) is 0 Å². The summed E-state index contributed by atoms with van der Waals surface area (Å²) in [4.78, 5) is 0. The summed E-state index contributed by atoms with van der Waals surface area (Å²) in [5.41, 5.74) is 0. The van der Waals surface area contributed by atoms with Crippen molar-refractivity contribution in [2.45, 2.75) is 6.10 Å². The van der Waals surface area contributed by atoms with Crippen LogP contribution in [0.3, 0.4) is 0 Å². The highest BCUT2D eigenvalue weighted by Crippen LogP contribution is 2.04. The van der Waals surface area contributed by atoms with Gasteiger partial charge in [0.1, 0.15) is 12.7 Å². The number of hydrogen-bond donors (Lipinski definition) is 1. The summed E-state index contributed by atoms with van der Waals surface area (Å²) in [6, 6.07) is 3.57. The number of ether oxygens (including phenoxy) is 2. The van der Waals surface area contributed by atoms with Crippen LogP contribution in [0.4, 0.5) is 0 Å². The van der Waals surface area contributed by atoms with Gasteiger partial charge in [0.2, 0.25) is 5.88 Å². The predicted molar refractivity (Wildman–Crippen MR) is 50.1 cm³/mol. The van der Waals surface area contributed by atoms with Gasteiger partial charge in [-0.1, -0.05) is 0 Å². The molecule has 0 bridgehead atoms. The molecule has 76 valence electrons. The fourth-order valence-corrected chi connectivity index (χ4v) is 1.27. The molecule has 5 heteroatoms. The predicted octanol–water partition coefficient (Wildman–Crippen LogP) is -0.156. The zero-order chi connectivity index (χ0) is 9.64. The van der Waals surface area contributed by atoms with Gasteiger partial charge in [-0.15, -0.1) is 5.10 Å². The van der Waals surface area contributed by atoms with Crippen LogP contribution in [0.5, 0.6) is 5.88 Å². The number of hydrogen-bond acceptors (Lipinski definition) is 5. The van der Waals surface area contributed by atoms with Gasteiger partial charge in [0, 0.05) is 25.4 Å². The zero-order valence-corrected chi connectivity index (χ0v) is 7.85. The summed E-state index contributed by atoms with van der Waals surface area (Å²) in [6.45, 7) is 3.02. The molecule has 5 nitrogen and oxygen atoms in total. The number of aromatic nitrogens is 2. The fourth-order valence-electron chi connectivity index (χ4n) is 1.27. The molecule has 0 radical (unpaired) electrons. The van der Waals surface area contributed by atoms with Gasteiger partial charge in [-0.05, 0) is 6.07 Å². The normalized spacial score (nSPS) is 21.9. The van der Waals surface area contributed by atoms with Gasteiger partial charge in [0.15, 0.2) is 0 Å². The largest absolute Gasteiger partial charge is 0.474 e. The molecule has 1 fully saturated rings. The Balaban J connectivity index is 1.76. The molecule has 1 aliphatic rings. The minimum Gasteiger partial charge on any atom is -0.474 e. The highest BCUT2D eigenvalue weighted by molar-refractivity contribution is 5.05. The lowest BCUT2D eigenvalue weighted by molar-refractivity contribution is -0.000930. The number of rotatable bonds is 3. The van der Waals surface area contributed by atoms with Crippen molar-refractivity contribution in [1.29, 1.82) is 0 Å². The Kier molecular flexibility index (Phi) is 3.26. The van der Waals surface area contributed by atoms with E-state index in [9.17, 15) is 0 Å². The second-order valence-electron chi connectivity index (χ2n) is 3.07. The summed E-state index contributed by atoms with van der Waals surface area (Å²) in [7, 11) is 0. The lowest BCUT2D eigenvalue weighted by Crippen LogP contribution is -2.41. The van der Waals surface area contributed by atoms with Crippen molar-refractivity contribution < 1.29 is 9.47 Å². The highest BCUT2D eigenvalue weighted by Gasteiger charge is 2.13. The summed E-state index contributed by atoms with van der Waals surface area (Å²) in [5.74, 6) is 0.543. The molecule has 0 saturated carbocycles. The fraction of sp³-hybridized carbons (Fsp3) is 0.556. The van der Waals surface area contributed by atoms with Gasteiger partial charge in [0.05, 0.1) is 6.61 Å². The second kappa shape index (κ2) is 4.88. The third-order valence-electron chi connectivity index (χ3n) is 1.97. The molecule has 1 aliphatic heterocycles. The van der Waals surface area contributed by atoms with Crippen molar-refractivity contribution in [1.82, 2.24) is 15.5 Å². The molecule has 1 saturated heterocycles. The number of morpholine rings is 1. The maximum absolute atomic E-state index is 5.46. The minimum atomic E-state index is 0.116. The smallest absolute Gasteiger partial charge is 0.233 e. The topological polar surface area (TPSA) is 56.3 Å². The van der Waals surface area contributed by atoms with E-state index < -0.39 is 0 Å². The maximum Gasteiger partial charge on any atom is 0.233 e. The Morgan fingerprint density at radius 1 is 1.64 bits per heavy atom. The van der Waals surface area contributed by atoms with Crippen molar-refractivity contribution in [2.24, 2.45) is 0 Å². The first-order valence-electron chi connectivity index (χ1n) is 4.68. The molecule has 0 aromatic carbocycles. The highest BCUT2D eigenvalue weighted by atomic mass is 16.5. The molecule has 0 amide bonds. The third-order valence-corrected chi connectivity index (χ3v) is 1.97. The Labute approximate surface area is 82.4 Å². The van der Waals surface area contributed by atoms with Gasteiger partial charge >= 0.3 is 0 Å². The van der Waals surface area contributed by atoms with E-state index in [2.05, 4.69) is 15.5 Å². The molecule has 14 heavy (non-hydrogen) atoms. The molecular weight excluding hydrogens is 182 g/mol. The van der Waals surface area contributed by atoms with Crippen LogP contribution in [-0.4, -0.2) is 42.6 Å². The van der Waals surface area contributed by atoms with E-state index in [4.69, 9.17) is 9.47 Å². The summed E-state index contributed by atoms with van der Waals surface area (Å²) < 4.78 is 10.9. The van der Waals surface area contributed by atoms with Crippen LogP contribution in [0.1, 0.15) is 0 Å². The van der Waals surface area contributed by atoms with Crippen LogP contribution >= 0.6 is 0 Å². The van der Waals surface area contributed by atoms with Crippen molar-refractivity contribution in [3.05, 3.63) is 18.3 Å². The van der Waals surface area contributed by atoms with Crippen molar-refractivity contribution in [2.75, 3.05) is 26.3 Å². The number of nitrogens with one attached hydrogen (secondary N) is 1. The summed E-state index contributed by atoms with van der Waals surface area (Å²) >= 11 is 0. The first-order chi connectivity index (χ1) is 6.95. The molecule has 1 aromatic rings. The first-order valence-corrected chi connectivity index (χ1v) is 4.68. The molecule has 1 N–H and O–H groups in total. The summed E-state index contributed by atoms with van der Waals surface area (Å²) in [5, 5.41) is 10.8. The van der Waals surface area contributed by atoms with Gasteiger partial charge < -0.3 is 14.8 Å². The average Bonchev–Trinajstić information content (AvgIpc) is 2.29. The van der Waals surface area contributed by atoms with Crippen LogP contribution in [-0.2, 0) is 4.74 Å². The SMILES string of the molecule is c1cnnc(OCC2CNCCO2)c1. The maximum atomic E-state index is 5.46. The molecule has 1 unspecified atom stereocenters. The lowest BCUT2D eigenvalue weighted by Gasteiger charge is -2.23. The number of nitrogens with zero attached hydrogens (tertiary/aromatic N) is 2. The minimum absolute atomic E-state index is 0.116. The molecule has 2 heterocycles. The zero-order valence-electron chi connectivity index (χ0n) is 7.85. The van der Waals surface area contributed by atoms with Crippen LogP contribution in [0.15, 0.2) is 18.3 Å². The van der Waals surface area contributed by atoms with Gasteiger partial charge in [-0.2, -0.15) is 5.10 Å². The van der Waals surface area contributed by atoms with Crippen molar-refractivity contribution >= 4 is 0 Å².